The first-order valence-electron chi connectivity index (χ1n) is 21.5. The third-order valence-electron chi connectivity index (χ3n) is 12.9. The van der Waals surface area contributed by atoms with E-state index in [1.54, 1.807) is 22.7 Å². The van der Waals surface area contributed by atoms with Crippen LogP contribution < -0.4 is 0 Å². The smallest absolute Gasteiger partial charge is 0.166 e. The van der Waals surface area contributed by atoms with Crippen LogP contribution >= 0.6 is 22.7 Å². The van der Waals surface area contributed by atoms with Crippen molar-refractivity contribution in [3.8, 4) is 32.0 Å². The van der Waals surface area contributed by atoms with E-state index in [1.807, 2.05) is 6.08 Å². The molecule has 0 amide bonds. The average molecular weight is 785 g/mol. The van der Waals surface area contributed by atoms with Crippen molar-refractivity contribution in [1.29, 1.82) is 0 Å². The lowest BCUT2D eigenvalue weighted by molar-refractivity contribution is -0.116. The Morgan fingerprint density at radius 2 is 1.09 bits per heavy atom. The molecular formula is C50H56O4S2. The highest BCUT2D eigenvalue weighted by Gasteiger charge is 2.54. The van der Waals surface area contributed by atoms with Crippen molar-refractivity contribution in [2.24, 2.45) is 0 Å². The molecule has 8 rings (SSSR count). The van der Waals surface area contributed by atoms with Gasteiger partial charge < -0.3 is 4.74 Å². The summed E-state index contributed by atoms with van der Waals surface area (Å²) in [6.07, 6.45) is 23.5. The summed E-state index contributed by atoms with van der Waals surface area (Å²) < 4.78 is 5.79. The minimum atomic E-state index is -0.317. The molecule has 3 aliphatic carbocycles. The van der Waals surface area contributed by atoms with E-state index in [0.717, 1.165) is 34.6 Å². The first-order chi connectivity index (χ1) is 27.3. The van der Waals surface area contributed by atoms with Gasteiger partial charge in [0, 0.05) is 49.8 Å². The summed E-state index contributed by atoms with van der Waals surface area (Å²) in [5, 5.41) is 0. The van der Waals surface area contributed by atoms with Crippen LogP contribution in [0.25, 0.3) is 44.2 Å². The molecule has 1 atom stereocenters. The first kappa shape index (κ1) is 39.1. The maximum atomic E-state index is 12.8. The van der Waals surface area contributed by atoms with E-state index in [2.05, 4.69) is 80.6 Å². The number of allylic oxidation sites excluding steroid dienone is 1. The van der Waals surface area contributed by atoms with Crippen LogP contribution in [0.1, 0.15) is 150 Å². The van der Waals surface area contributed by atoms with Crippen molar-refractivity contribution in [1.82, 2.24) is 0 Å². The Bertz CT molecular complexity index is 2140. The molecule has 0 N–H and O–H groups in total. The number of rotatable bonds is 18. The SMILES string of the molecule is CCCCCCCCC1(CCCCCCCC)c2cc(-c3ccc(C=C4C(=O)CCC4=O)s3)ccc2-c2ccc(-c3ccc(/C=C4/C(=O)CCC45CO5)s3)cc21. The highest BCUT2D eigenvalue weighted by atomic mass is 32.1. The molecule has 1 aliphatic heterocycles. The van der Waals surface area contributed by atoms with Gasteiger partial charge in [-0.15, -0.1) is 22.7 Å². The van der Waals surface area contributed by atoms with Crippen LogP contribution in [-0.2, 0) is 24.5 Å². The van der Waals surface area contributed by atoms with Crippen molar-refractivity contribution in [2.75, 3.05) is 6.61 Å². The molecule has 3 heterocycles. The van der Waals surface area contributed by atoms with E-state index in [4.69, 9.17) is 4.74 Å². The zero-order valence-electron chi connectivity index (χ0n) is 33.3. The van der Waals surface area contributed by atoms with E-state index < -0.39 is 0 Å². The van der Waals surface area contributed by atoms with Crippen molar-refractivity contribution >= 4 is 52.2 Å². The Hall–Kier alpha value is -3.71. The predicted molar refractivity (Wildman–Crippen MR) is 233 cm³/mol. The molecule has 0 bridgehead atoms. The first-order valence-corrected chi connectivity index (χ1v) is 23.1. The standard InChI is InChI=1S/C50H56O4S2/c1-3-5-7-9-11-13-26-49(27-14-12-10-8-6-4-2)41-29-34(47-23-17-36(55-47)31-40-44(51)21-22-45(40)52)15-19-38(41)39-20-16-35(30-42(39)49)48-24-18-37(56-48)32-43-46(53)25-28-50(43)33-54-50/h15-20,23-24,29-32H,3-14,21-22,25-28,33H2,1-2H3/b43-32-. The summed E-state index contributed by atoms with van der Waals surface area (Å²) in [4.78, 5) is 42.1. The van der Waals surface area contributed by atoms with Gasteiger partial charge in [-0.1, -0.05) is 115 Å². The van der Waals surface area contributed by atoms with Gasteiger partial charge in [-0.2, -0.15) is 0 Å². The number of carbonyl (C=O) groups is 3. The van der Waals surface area contributed by atoms with Gasteiger partial charge in [0.2, 0.25) is 0 Å². The number of epoxide rings is 1. The molecule has 4 aromatic rings. The van der Waals surface area contributed by atoms with Crippen LogP contribution in [-0.4, -0.2) is 29.6 Å². The van der Waals surface area contributed by atoms with Crippen LogP contribution in [0.5, 0.6) is 0 Å². The molecule has 292 valence electrons. The molecule has 2 aromatic heterocycles. The fraction of sp³-hybridized carbons (Fsp3) is 0.460. The minimum Gasteiger partial charge on any atom is -0.364 e. The predicted octanol–water partition coefficient (Wildman–Crippen LogP) is 13.7. The van der Waals surface area contributed by atoms with Crippen LogP contribution in [0.2, 0.25) is 0 Å². The largest absolute Gasteiger partial charge is 0.364 e. The summed E-state index contributed by atoms with van der Waals surface area (Å²) in [7, 11) is 0. The Balaban J connectivity index is 1.16. The molecule has 1 saturated heterocycles. The zero-order valence-corrected chi connectivity index (χ0v) is 34.9. The fourth-order valence-electron chi connectivity index (χ4n) is 9.59. The Morgan fingerprint density at radius 1 is 0.589 bits per heavy atom. The lowest BCUT2D eigenvalue weighted by Crippen LogP contribution is -2.25. The Morgan fingerprint density at radius 3 is 1.61 bits per heavy atom. The van der Waals surface area contributed by atoms with E-state index in [1.165, 1.54) is 120 Å². The highest BCUT2D eigenvalue weighted by Crippen LogP contribution is 2.56. The van der Waals surface area contributed by atoms with Gasteiger partial charge in [0.25, 0.3) is 0 Å². The summed E-state index contributed by atoms with van der Waals surface area (Å²) in [5.74, 6) is 0.167. The van der Waals surface area contributed by atoms with Gasteiger partial charge in [-0.3, -0.25) is 14.4 Å². The third-order valence-corrected chi connectivity index (χ3v) is 15.1. The molecule has 6 heteroatoms. The van der Waals surface area contributed by atoms with Gasteiger partial charge >= 0.3 is 0 Å². The van der Waals surface area contributed by atoms with E-state index in [9.17, 15) is 14.4 Å². The van der Waals surface area contributed by atoms with Gasteiger partial charge in [0.1, 0.15) is 5.60 Å². The summed E-state index contributed by atoms with van der Waals surface area (Å²) in [6, 6.07) is 23.0. The number of thiophene rings is 2. The quantitative estimate of drug-likeness (QED) is 0.0436. The van der Waals surface area contributed by atoms with Crippen molar-refractivity contribution in [3.63, 3.8) is 0 Å². The Kier molecular flexibility index (Phi) is 11.9. The number of ether oxygens (including phenoxy) is 1. The Labute approximate surface area is 341 Å². The number of ketones is 3. The van der Waals surface area contributed by atoms with Crippen LogP contribution in [0.3, 0.4) is 0 Å². The summed E-state index contributed by atoms with van der Waals surface area (Å²) in [5.41, 5.74) is 8.95. The van der Waals surface area contributed by atoms with E-state index in [0.29, 0.717) is 31.4 Å². The molecule has 2 aromatic carbocycles. The van der Waals surface area contributed by atoms with Gasteiger partial charge in [0.05, 0.1) is 12.2 Å². The summed E-state index contributed by atoms with van der Waals surface area (Å²) >= 11 is 3.44. The maximum Gasteiger partial charge on any atom is 0.166 e. The van der Waals surface area contributed by atoms with Crippen LogP contribution in [0.4, 0.5) is 0 Å². The highest BCUT2D eigenvalue weighted by molar-refractivity contribution is 7.16. The van der Waals surface area contributed by atoms with Crippen LogP contribution in [0, 0.1) is 0 Å². The summed E-state index contributed by atoms with van der Waals surface area (Å²) in [6.45, 7) is 5.25. The number of benzene rings is 2. The lowest BCUT2D eigenvalue weighted by atomic mass is 9.70. The molecule has 4 aliphatic rings. The lowest BCUT2D eigenvalue weighted by Gasteiger charge is -2.33. The number of unbranched alkanes of at least 4 members (excludes halogenated alkanes) is 10. The molecule has 0 radical (unpaired) electrons. The number of Topliss-reactive ketones (excluding diaryl/α,β-unsaturated/α-hetero) is 3. The number of hydrogen-bond donors (Lipinski definition) is 0. The maximum absolute atomic E-state index is 12.8. The fourth-order valence-corrected chi connectivity index (χ4v) is 11.5. The molecule has 2 saturated carbocycles. The molecule has 4 nitrogen and oxygen atoms in total. The van der Waals surface area contributed by atoms with Gasteiger partial charge in [0.15, 0.2) is 17.3 Å². The molecule has 1 spiro atoms. The minimum absolute atomic E-state index is 0.0326. The zero-order chi connectivity index (χ0) is 38.7. The van der Waals surface area contributed by atoms with Crippen molar-refractivity contribution < 1.29 is 19.1 Å². The van der Waals surface area contributed by atoms with Gasteiger partial charge in [-0.05, 0) is 101 Å². The van der Waals surface area contributed by atoms with E-state index >= 15 is 0 Å². The average Bonchev–Trinajstić information content (AvgIpc) is 3.60. The number of carbonyl (C=O) groups excluding carboxylic acids is 3. The molecular weight excluding hydrogens is 729 g/mol. The van der Waals surface area contributed by atoms with Crippen LogP contribution in [0.15, 0.2) is 71.8 Å². The monoisotopic (exact) mass is 784 g/mol. The second kappa shape index (κ2) is 17.0. The van der Waals surface area contributed by atoms with E-state index in [-0.39, 0.29) is 28.4 Å². The normalized spacial score (nSPS) is 20.1. The van der Waals surface area contributed by atoms with Crippen molar-refractivity contribution in [2.45, 2.75) is 140 Å². The number of hydrogen-bond acceptors (Lipinski definition) is 6. The molecule has 1 unspecified atom stereocenters. The molecule has 3 fully saturated rings. The second-order valence-corrected chi connectivity index (χ2v) is 18.9. The van der Waals surface area contributed by atoms with Gasteiger partial charge in [-0.25, -0.2) is 0 Å². The molecule has 56 heavy (non-hydrogen) atoms. The van der Waals surface area contributed by atoms with Crippen molar-refractivity contribution in [3.05, 3.63) is 92.7 Å². The third kappa shape index (κ3) is 7.91. The number of fused-ring (bicyclic) bond motifs is 3. The topological polar surface area (TPSA) is 63.7 Å². The second-order valence-electron chi connectivity index (χ2n) is 16.7.